The third-order valence-electron chi connectivity index (χ3n) is 3.84. The van der Waals surface area contributed by atoms with Gasteiger partial charge in [0, 0.05) is 19.0 Å². The topological polar surface area (TPSA) is 117 Å². The van der Waals surface area contributed by atoms with Crippen molar-refractivity contribution in [3.05, 3.63) is 0 Å². The lowest BCUT2D eigenvalue weighted by Gasteiger charge is -2.25. The Kier molecular flexibility index (Phi) is 4.12. The number of aliphatic carboxylic acids is 1. The summed E-state index contributed by atoms with van der Waals surface area (Å²) in [4.78, 5) is 34.0. The lowest BCUT2D eigenvalue weighted by Crippen LogP contribution is -2.53. The molecule has 2 aliphatic rings. The molecule has 0 radical (unpaired) electrons. The van der Waals surface area contributed by atoms with Crippen LogP contribution in [0.5, 0.6) is 0 Å². The highest BCUT2D eigenvalue weighted by Gasteiger charge is 2.47. The quantitative estimate of drug-likeness (QED) is 0.531. The number of carbonyl (C=O) groups is 3. The maximum atomic E-state index is 11.8. The van der Waals surface area contributed by atoms with Gasteiger partial charge in [0.05, 0.1) is 19.3 Å². The maximum Gasteiger partial charge on any atom is 0.315 e. The first kappa shape index (κ1) is 14.6. The molecular weight excluding hydrogens is 266 g/mol. The van der Waals surface area contributed by atoms with Gasteiger partial charge in [-0.2, -0.15) is 0 Å². The Hall–Kier alpha value is -1.83. The highest BCUT2D eigenvalue weighted by atomic mass is 16.5. The Balaban J connectivity index is 1.79. The van der Waals surface area contributed by atoms with E-state index in [-0.39, 0.29) is 25.2 Å². The molecule has 0 aromatic rings. The monoisotopic (exact) mass is 285 g/mol. The highest BCUT2D eigenvalue weighted by molar-refractivity contribution is 5.80. The predicted octanol–water partition coefficient (Wildman–Crippen LogP) is -0.946. The summed E-state index contributed by atoms with van der Waals surface area (Å²) in [5, 5.41) is 17.2. The molecule has 3 atom stereocenters. The van der Waals surface area contributed by atoms with Crippen molar-refractivity contribution < 1.29 is 24.2 Å². The molecule has 0 bridgehead atoms. The first-order chi connectivity index (χ1) is 9.41. The lowest BCUT2D eigenvalue weighted by molar-refractivity contribution is -0.148. The van der Waals surface area contributed by atoms with E-state index in [0.29, 0.717) is 19.4 Å². The Morgan fingerprint density at radius 2 is 2.30 bits per heavy atom. The van der Waals surface area contributed by atoms with E-state index in [1.54, 1.807) is 6.92 Å². The molecule has 0 aliphatic carbocycles. The van der Waals surface area contributed by atoms with Crippen molar-refractivity contribution in [3.63, 3.8) is 0 Å². The van der Waals surface area contributed by atoms with Crippen LogP contribution in [0.25, 0.3) is 0 Å². The van der Waals surface area contributed by atoms with Gasteiger partial charge in [0.15, 0.2) is 0 Å². The van der Waals surface area contributed by atoms with Gasteiger partial charge in [0.2, 0.25) is 5.91 Å². The van der Waals surface area contributed by atoms with Gasteiger partial charge in [-0.05, 0) is 13.3 Å². The zero-order chi connectivity index (χ0) is 14.8. The van der Waals surface area contributed by atoms with Gasteiger partial charge in [-0.3, -0.25) is 9.59 Å². The molecular formula is C12H19N3O5. The second-order valence-electron chi connectivity index (χ2n) is 5.45. The summed E-state index contributed by atoms with van der Waals surface area (Å²) >= 11 is 0. The Labute approximate surface area is 116 Å². The minimum absolute atomic E-state index is 0.0140. The van der Waals surface area contributed by atoms with E-state index in [1.807, 2.05) is 0 Å². The van der Waals surface area contributed by atoms with Crippen molar-refractivity contribution in [1.29, 1.82) is 0 Å². The molecule has 8 heteroatoms. The van der Waals surface area contributed by atoms with E-state index in [9.17, 15) is 19.5 Å². The second-order valence-corrected chi connectivity index (χ2v) is 5.45. The predicted molar refractivity (Wildman–Crippen MR) is 68.0 cm³/mol. The number of carboxylic acid groups (broad SMARTS) is 1. The van der Waals surface area contributed by atoms with Crippen molar-refractivity contribution in [1.82, 2.24) is 16.0 Å². The average Bonchev–Trinajstić information content (AvgIpc) is 2.95. The van der Waals surface area contributed by atoms with E-state index in [1.165, 1.54) is 0 Å². The van der Waals surface area contributed by atoms with E-state index in [2.05, 4.69) is 16.0 Å². The summed E-state index contributed by atoms with van der Waals surface area (Å²) in [5.41, 5.74) is -1.11. The number of carboxylic acids is 1. The molecule has 0 aromatic carbocycles. The number of hydrogen-bond acceptors (Lipinski definition) is 4. The largest absolute Gasteiger partial charge is 0.481 e. The first-order valence-corrected chi connectivity index (χ1v) is 6.56. The number of rotatable bonds is 4. The number of urea groups is 1. The van der Waals surface area contributed by atoms with Crippen LogP contribution in [0, 0.1) is 5.41 Å². The second kappa shape index (κ2) is 5.66. The maximum absolute atomic E-state index is 11.8. The number of hydrogen-bond donors (Lipinski definition) is 4. The molecule has 4 N–H and O–H groups in total. The van der Waals surface area contributed by atoms with Crippen LogP contribution < -0.4 is 16.0 Å². The van der Waals surface area contributed by atoms with Crippen LogP contribution in [0.2, 0.25) is 0 Å². The van der Waals surface area contributed by atoms with Crippen molar-refractivity contribution in [2.75, 3.05) is 19.8 Å². The molecule has 3 unspecified atom stereocenters. The minimum Gasteiger partial charge on any atom is -0.481 e. The van der Waals surface area contributed by atoms with Gasteiger partial charge in [0.1, 0.15) is 5.41 Å². The van der Waals surface area contributed by atoms with Crippen LogP contribution in [0.4, 0.5) is 4.79 Å². The van der Waals surface area contributed by atoms with Gasteiger partial charge in [-0.1, -0.05) is 0 Å². The van der Waals surface area contributed by atoms with E-state index in [0.717, 1.165) is 0 Å². The van der Waals surface area contributed by atoms with Gasteiger partial charge in [-0.25, -0.2) is 4.79 Å². The van der Waals surface area contributed by atoms with Gasteiger partial charge in [-0.15, -0.1) is 0 Å². The third kappa shape index (κ3) is 3.01. The van der Waals surface area contributed by atoms with Gasteiger partial charge >= 0.3 is 12.0 Å². The van der Waals surface area contributed by atoms with Crippen LogP contribution in [0.3, 0.4) is 0 Å². The molecule has 20 heavy (non-hydrogen) atoms. The fourth-order valence-corrected chi connectivity index (χ4v) is 2.34. The van der Waals surface area contributed by atoms with Gasteiger partial charge < -0.3 is 25.8 Å². The molecule has 0 aromatic heterocycles. The smallest absolute Gasteiger partial charge is 0.315 e. The molecule has 112 valence electrons. The summed E-state index contributed by atoms with van der Waals surface area (Å²) < 4.78 is 5.15. The molecule has 2 aliphatic heterocycles. The molecule has 8 nitrogen and oxygen atoms in total. The molecule has 0 saturated carbocycles. The fraction of sp³-hybridized carbons (Fsp3) is 0.750. The molecule has 0 spiro atoms. The van der Waals surface area contributed by atoms with Crippen molar-refractivity contribution in [3.8, 4) is 0 Å². The summed E-state index contributed by atoms with van der Waals surface area (Å²) in [6.07, 6.45) is 1.17. The van der Waals surface area contributed by atoms with E-state index >= 15 is 0 Å². The number of carbonyl (C=O) groups excluding carboxylic acids is 2. The molecule has 2 rings (SSSR count). The zero-order valence-electron chi connectivity index (χ0n) is 11.3. The first-order valence-electron chi connectivity index (χ1n) is 6.56. The minimum atomic E-state index is -1.11. The molecule has 2 fully saturated rings. The third-order valence-corrected chi connectivity index (χ3v) is 3.84. The lowest BCUT2D eigenvalue weighted by atomic mass is 9.85. The SMILES string of the molecule is CC1(C(=O)O)COCC1NC(=O)NCC1CCC(=O)N1. The Morgan fingerprint density at radius 1 is 1.55 bits per heavy atom. The molecule has 2 saturated heterocycles. The number of amides is 3. The Bertz CT molecular complexity index is 427. The van der Waals surface area contributed by atoms with Crippen LogP contribution in [-0.4, -0.2) is 54.9 Å². The van der Waals surface area contributed by atoms with Crippen molar-refractivity contribution in [2.24, 2.45) is 5.41 Å². The molecule has 2 heterocycles. The fourth-order valence-electron chi connectivity index (χ4n) is 2.34. The zero-order valence-corrected chi connectivity index (χ0v) is 11.3. The van der Waals surface area contributed by atoms with E-state index < -0.39 is 23.5 Å². The standard InChI is InChI=1S/C12H19N3O5/c1-12(10(17)18)6-20-5-8(12)15-11(19)13-4-7-2-3-9(16)14-7/h7-8H,2-6H2,1H3,(H,14,16)(H,17,18)(H2,13,15,19). The Morgan fingerprint density at radius 3 is 2.90 bits per heavy atom. The summed E-state index contributed by atoms with van der Waals surface area (Å²) in [7, 11) is 0. The number of nitrogens with one attached hydrogen (secondary N) is 3. The highest BCUT2D eigenvalue weighted by Crippen LogP contribution is 2.28. The van der Waals surface area contributed by atoms with Crippen LogP contribution >= 0.6 is 0 Å². The van der Waals surface area contributed by atoms with Crippen LogP contribution in [0.15, 0.2) is 0 Å². The normalized spacial score (nSPS) is 32.8. The van der Waals surface area contributed by atoms with Crippen LogP contribution in [0.1, 0.15) is 19.8 Å². The summed E-state index contributed by atoms with van der Waals surface area (Å²) in [6, 6.07) is -1.08. The van der Waals surface area contributed by atoms with Crippen molar-refractivity contribution in [2.45, 2.75) is 31.8 Å². The number of ether oxygens (including phenoxy) is 1. The van der Waals surface area contributed by atoms with Gasteiger partial charge in [0.25, 0.3) is 0 Å². The van der Waals surface area contributed by atoms with Crippen molar-refractivity contribution >= 4 is 17.9 Å². The van der Waals surface area contributed by atoms with E-state index in [4.69, 9.17) is 4.74 Å². The summed E-state index contributed by atoms with van der Waals surface area (Å²) in [6.45, 7) is 2.13. The molecule has 3 amide bonds. The summed E-state index contributed by atoms with van der Waals surface area (Å²) in [5.74, 6) is -1.01. The van der Waals surface area contributed by atoms with Crippen LogP contribution in [-0.2, 0) is 14.3 Å². The average molecular weight is 285 g/mol.